The van der Waals surface area contributed by atoms with Gasteiger partial charge in [-0.2, -0.15) is 0 Å². The lowest BCUT2D eigenvalue weighted by Crippen LogP contribution is -2.15. The molecule has 0 spiro atoms. The van der Waals surface area contributed by atoms with Gasteiger partial charge in [0.05, 0.1) is 12.2 Å². The monoisotopic (exact) mass is 130 g/mol. The standard InChI is InChI=1S/C4H8O.C3H6O/c5-4-2-1-3-4;4-3-1-2-3/h4-5H,1-3H2;3-4H,1-2H2. The summed E-state index contributed by atoms with van der Waals surface area (Å²) in [5, 5.41) is 16.6. The Morgan fingerprint density at radius 1 is 0.778 bits per heavy atom. The minimum absolute atomic E-state index is 0.0648. The van der Waals surface area contributed by atoms with E-state index in [-0.39, 0.29) is 12.2 Å². The minimum Gasteiger partial charge on any atom is -0.393 e. The SMILES string of the molecule is OC1CC1.OC1CCC1. The fraction of sp³-hybridized carbons (Fsp3) is 1.00. The van der Waals surface area contributed by atoms with Crippen LogP contribution in [0.4, 0.5) is 0 Å². The first-order valence-electron chi connectivity index (χ1n) is 3.65. The average Bonchev–Trinajstić information content (AvgIpc) is 2.47. The highest BCUT2D eigenvalue weighted by molar-refractivity contribution is 4.68. The summed E-state index contributed by atoms with van der Waals surface area (Å²) in [4.78, 5) is 0. The molecule has 2 heteroatoms. The molecular weight excluding hydrogens is 116 g/mol. The second-order valence-electron chi connectivity index (χ2n) is 2.82. The predicted molar refractivity (Wildman–Crippen MR) is 35.1 cm³/mol. The molecule has 0 bridgehead atoms. The van der Waals surface area contributed by atoms with Gasteiger partial charge in [0.1, 0.15) is 0 Å². The Labute approximate surface area is 55.5 Å². The molecule has 2 aliphatic carbocycles. The van der Waals surface area contributed by atoms with Crippen molar-refractivity contribution >= 4 is 0 Å². The molecule has 0 aromatic carbocycles. The summed E-state index contributed by atoms with van der Waals surface area (Å²) >= 11 is 0. The maximum Gasteiger partial charge on any atom is 0.0542 e. The van der Waals surface area contributed by atoms with Crippen LogP contribution < -0.4 is 0 Å². The molecule has 2 fully saturated rings. The van der Waals surface area contributed by atoms with E-state index in [1.165, 1.54) is 6.42 Å². The van der Waals surface area contributed by atoms with Crippen LogP contribution in [0.2, 0.25) is 0 Å². The van der Waals surface area contributed by atoms with E-state index in [1.807, 2.05) is 0 Å². The van der Waals surface area contributed by atoms with Crippen LogP contribution in [0.15, 0.2) is 0 Å². The van der Waals surface area contributed by atoms with Gasteiger partial charge in [-0.1, -0.05) is 0 Å². The van der Waals surface area contributed by atoms with E-state index in [1.54, 1.807) is 0 Å². The van der Waals surface area contributed by atoms with Crippen molar-refractivity contribution in [1.29, 1.82) is 0 Å². The first-order chi connectivity index (χ1) is 4.29. The Hall–Kier alpha value is -0.0800. The topological polar surface area (TPSA) is 40.5 Å². The van der Waals surface area contributed by atoms with E-state index in [4.69, 9.17) is 10.2 Å². The molecule has 0 unspecified atom stereocenters. The number of aliphatic hydroxyl groups excluding tert-OH is 2. The van der Waals surface area contributed by atoms with Gasteiger partial charge >= 0.3 is 0 Å². The van der Waals surface area contributed by atoms with Gasteiger partial charge in [-0.15, -0.1) is 0 Å². The number of hydrogen-bond donors (Lipinski definition) is 2. The van der Waals surface area contributed by atoms with Gasteiger partial charge in [-0.05, 0) is 32.1 Å². The normalized spacial score (nSPS) is 26.0. The molecule has 0 atom stereocenters. The molecule has 0 radical (unpaired) electrons. The van der Waals surface area contributed by atoms with E-state index in [9.17, 15) is 0 Å². The van der Waals surface area contributed by atoms with Crippen molar-refractivity contribution in [3.8, 4) is 0 Å². The maximum atomic E-state index is 8.45. The van der Waals surface area contributed by atoms with Gasteiger partial charge in [-0.3, -0.25) is 0 Å². The van der Waals surface area contributed by atoms with Crippen molar-refractivity contribution in [1.82, 2.24) is 0 Å². The number of hydrogen-bond acceptors (Lipinski definition) is 2. The van der Waals surface area contributed by atoms with Crippen LogP contribution in [0, 0.1) is 0 Å². The first-order valence-corrected chi connectivity index (χ1v) is 3.65. The van der Waals surface area contributed by atoms with Crippen molar-refractivity contribution in [2.24, 2.45) is 0 Å². The molecule has 9 heavy (non-hydrogen) atoms. The molecule has 0 aliphatic heterocycles. The second-order valence-corrected chi connectivity index (χ2v) is 2.82. The number of rotatable bonds is 0. The van der Waals surface area contributed by atoms with E-state index < -0.39 is 0 Å². The van der Waals surface area contributed by atoms with Crippen LogP contribution >= 0.6 is 0 Å². The van der Waals surface area contributed by atoms with Crippen LogP contribution in [0.3, 0.4) is 0 Å². The Bertz CT molecular complexity index is 75.0. The molecule has 2 aliphatic rings. The summed E-state index contributed by atoms with van der Waals surface area (Å²) in [6.45, 7) is 0. The predicted octanol–water partition coefficient (Wildman–Crippen LogP) is 0.672. The Kier molecular flexibility index (Phi) is 2.49. The highest BCUT2D eigenvalue weighted by Crippen LogP contribution is 2.17. The van der Waals surface area contributed by atoms with Gasteiger partial charge < -0.3 is 10.2 Å². The summed E-state index contributed by atoms with van der Waals surface area (Å²) in [5.41, 5.74) is 0. The third-order valence-corrected chi connectivity index (χ3v) is 1.62. The largest absolute Gasteiger partial charge is 0.393 e. The molecule has 2 nitrogen and oxygen atoms in total. The van der Waals surface area contributed by atoms with Crippen molar-refractivity contribution in [3.63, 3.8) is 0 Å². The second kappa shape index (κ2) is 3.18. The molecule has 54 valence electrons. The molecule has 2 N–H and O–H groups in total. The highest BCUT2D eigenvalue weighted by Gasteiger charge is 2.15. The average molecular weight is 130 g/mol. The van der Waals surface area contributed by atoms with Crippen LogP contribution in [0.5, 0.6) is 0 Å². The Morgan fingerprint density at radius 3 is 1.00 bits per heavy atom. The molecule has 0 aromatic heterocycles. The molecule has 0 aromatic rings. The lowest BCUT2D eigenvalue weighted by Gasteiger charge is -2.17. The smallest absolute Gasteiger partial charge is 0.0542 e. The molecule has 0 heterocycles. The molecule has 0 saturated heterocycles. The third-order valence-electron chi connectivity index (χ3n) is 1.62. The van der Waals surface area contributed by atoms with Crippen LogP contribution in [0.25, 0.3) is 0 Å². The zero-order valence-corrected chi connectivity index (χ0v) is 5.58. The van der Waals surface area contributed by atoms with Crippen LogP contribution in [-0.4, -0.2) is 22.4 Å². The van der Waals surface area contributed by atoms with Crippen molar-refractivity contribution in [2.45, 2.75) is 44.3 Å². The zero-order chi connectivity index (χ0) is 6.69. The highest BCUT2D eigenvalue weighted by atomic mass is 16.3. The summed E-state index contributed by atoms with van der Waals surface area (Å²) in [7, 11) is 0. The zero-order valence-electron chi connectivity index (χ0n) is 5.58. The van der Waals surface area contributed by atoms with Gasteiger partial charge in [-0.25, -0.2) is 0 Å². The fourth-order valence-corrected chi connectivity index (χ4v) is 0.461. The first kappa shape index (κ1) is 7.03. The maximum absolute atomic E-state index is 8.45. The van der Waals surface area contributed by atoms with Gasteiger partial charge in [0.2, 0.25) is 0 Å². The number of aliphatic hydroxyl groups is 2. The van der Waals surface area contributed by atoms with Crippen molar-refractivity contribution in [3.05, 3.63) is 0 Å². The third kappa shape index (κ3) is 3.49. The quantitative estimate of drug-likeness (QED) is 0.506. The van der Waals surface area contributed by atoms with E-state index in [0.717, 1.165) is 25.7 Å². The molecule has 2 saturated carbocycles. The van der Waals surface area contributed by atoms with E-state index in [0.29, 0.717) is 0 Å². The Balaban J connectivity index is 0.0000000922. The van der Waals surface area contributed by atoms with E-state index in [2.05, 4.69) is 0 Å². The van der Waals surface area contributed by atoms with Crippen molar-refractivity contribution < 1.29 is 10.2 Å². The summed E-state index contributed by atoms with van der Waals surface area (Å²) in [5.74, 6) is 0. The van der Waals surface area contributed by atoms with Gasteiger partial charge in [0, 0.05) is 0 Å². The summed E-state index contributed by atoms with van der Waals surface area (Å²) in [6.07, 6.45) is 5.55. The fourth-order valence-electron chi connectivity index (χ4n) is 0.461. The molecule has 2 rings (SSSR count). The van der Waals surface area contributed by atoms with Crippen molar-refractivity contribution in [2.75, 3.05) is 0 Å². The van der Waals surface area contributed by atoms with Crippen LogP contribution in [-0.2, 0) is 0 Å². The van der Waals surface area contributed by atoms with Crippen LogP contribution in [0.1, 0.15) is 32.1 Å². The lowest BCUT2D eigenvalue weighted by atomic mass is 9.97. The van der Waals surface area contributed by atoms with Gasteiger partial charge in [0.25, 0.3) is 0 Å². The van der Waals surface area contributed by atoms with Gasteiger partial charge in [0.15, 0.2) is 0 Å². The lowest BCUT2D eigenvalue weighted by molar-refractivity contribution is 0.0950. The summed E-state index contributed by atoms with van der Waals surface area (Å²) < 4.78 is 0. The Morgan fingerprint density at radius 2 is 1.00 bits per heavy atom. The molecular formula is C7H14O2. The van der Waals surface area contributed by atoms with E-state index >= 15 is 0 Å². The summed E-state index contributed by atoms with van der Waals surface area (Å²) in [6, 6.07) is 0. The molecule has 0 amide bonds. The minimum atomic E-state index is 0.0648.